The Hall–Kier alpha value is -2.71. The predicted molar refractivity (Wildman–Crippen MR) is 99.1 cm³/mol. The number of nitriles is 1. The van der Waals surface area contributed by atoms with Gasteiger partial charge in [-0.05, 0) is 44.0 Å². The van der Waals surface area contributed by atoms with Crippen molar-refractivity contribution in [2.45, 2.75) is 26.4 Å². The van der Waals surface area contributed by atoms with Crippen molar-refractivity contribution < 1.29 is 4.74 Å². The minimum atomic E-state index is 0.285. The van der Waals surface area contributed by atoms with Gasteiger partial charge in [0.05, 0.1) is 17.7 Å². The van der Waals surface area contributed by atoms with Gasteiger partial charge in [-0.15, -0.1) is 0 Å². The Morgan fingerprint density at radius 1 is 1.32 bits per heavy atom. The Balaban J connectivity index is 1.78. The Morgan fingerprint density at radius 3 is 3.00 bits per heavy atom. The van der Waals surface area contributed by atoms with E-state index in [9.17, 15) is 0 Å². The summed E-state index contributed by atoms with van der Waals surface area (Å²) < 4.78 is 5.72. The van der Waals surface area contributed by atoms with E-state index in [4.69, 9.17) is 10.00 Å². The molecule has 1 aromatic heterocycles. The molecule has 0 aliphatic carbocycles. The third-order valence-electron chi connectivity index (χ3n) is 4.17. The summed E-state index contributed by atoms with van der Waals surface area (Å²) in [5.74, 6) is 1.62. The maximum atomic E-state index is 8.99. The first-order chi connectivity index (χ1) is 12.2. The van der Waals surface area contributed by atoms with Gasteiger partial charge < -0.3 is 9.64 Å². The van der Waals surface area contributed by atoms with Crippen LogP contribution in [0.4, 0.5) is 5.82 Å². The van der Waals surface area contributed by atoms with Crippen LogP contribution >= 0.6 is 0 Å². The van der Waals surface area contributed by atoms with E-state index in [1.54, 1.807) is 6.07 Å². The molecule has 1 saturated heterocycles. The normalized spacial score (nSPS) is 17.2. The highest BCUT2D eigenvalue weighted by Gasteiger charge is 2.24. The van der Waals surface area contributed by atoms with E-state index in [-0.39, 0.29) is 6.10 Å². The van der Waals surface area contributed by atoms with E-state index < -0.39 is 0 Å². The number of aromatic nitrogens is 2. The lowest BCUT2D eigenvalue weighted by atomic mass is 10.1. The molecule has 0 saturated carbocycles. The average Bonchev–Trinajstić information content (AvgIpc) is 3.09. The molecule has 1 aromatic carbocycles. The van der Waals surface area contributed by atoms with Gasteiger partial charge in [0, 0.05) is 31.5 Å². The number of nitrogens with zero attached hydrogens (tertiary/aromatic N) is 4. The molecule has 1 aliphatic heterocycles. The van der Waals surface area contributed by atoms with E-state index in [0.717, 1.165) is 43.2 Å². The molecule has 1 aliphatic rings. The largest absolute Gasteiger partial charge is 0.377 e. The number of ether oxygens (including phenoxy) is 1. The van der Waals surface area contributed by atoms with Crippen molar-refractivity contribution in [1.82, 2.24) is 9.97 Å². The van der Waals surface area contributed by atoms with E-state index in [1.165, 1.54) is 0 Å². The predicted octanol–water partition coefficient (Wildman–Crippen LogP) is 3.44. The van der Waals surface area contributed by atoms with Gasteiger partial charge in [-0.1, -0.05) is 18.2 Å². The fraction of sp³-hybridized carbons (Fsp3) is 0.350. The second-order valence-corrected chi connectivity index (χ2v) is 6.11. The zero-order chi connectivity index (χ0) is 17.6. The Kier molecular flexibility index (Phi) is 5.42. The van der Waals surface area contributed by atoms with Crippen LogP contribution in [0.15, 0.2) is 30.3 Å². The number of aryl methyl sites for hydroxylation is 1. The summed E-state index contributed by atoms with van der Waals surface area (Å²) in [6, 6.07) is 11.6. The van der Waals surface area contributed by atoms with Gasteiger partial charge in [-0.2, -0.15) is 5.26 Å². The lowest BCUT2D eigenvalue weighted by Crippen LogP contribution is -2.24. The Labute approximate surface area is 148 Å². The lowest BCUT2D eigenvalue weighted by molar-refractivity contribution is 0.0787. The molecule has 3 rings (SSSR count). The first-order valence-electron chi connectivity index (χ1n) is 8.58. The molecular formula is C20H22N4O. The molecule has 0 bridgehead atoms. The fourth-order valence-corrected chi connectivity index (χ4v) is 3.00. The van der Waals surface area contributed by atoms with Crippen molar-refractivity contribution in [3.8, 4) is 6.07 Å². The number of rotatable bonds is 5. The highest BCUT2D eigenvalue weighted by Crippen LogP contribution is 2.21. The summed E-state index contributed by atoms with van der Waals surface area (Å²) >= 11 is 0. The maximum absolute atomic E-state index is 8.99. The number of anilines is 1. The zero-order valence-electron chi connectivity index (χ0n) is 14.6. The minimum Gasteiger partial charge on any atom is -0.377 e. The molecule has 0 spiro atoms. The summed E-state index contributed by atoms with van der Waals surface area (Å²) in [5, 5.41) is 8.99. The summed E-state index contributed by atoms with van der Waals surface area (Å²) in [4.78, 5) is 11.4. The molecule has 5 nitrogen and oxygen atoms in total. The first kappa shape index (κ1) is 17.1. The number of hydrogen-bond acceptors (Lipinski definition) is 5. The second-order valence-electron chi connectivity index (χ2n) is 6.11. The van der Waals surface area contributed by atoms with E-state index >= 15 is 0 Å². The van der Waals surface area contributed by atoms with E-state index in [1.807, 2.05) is 50.3 Å². The van der Waals surface area contributed by atoms with Crippen LogP contribution < -0.4 is 4.90 Å². The van der Waals surface area contributed by atoms with Gasteiger partial charge in [0.2, 0.25) is 0 Å². The van der Waals surface area contributed by atoms with Crippen LogP contribution in [0.3, 0.4) is 0 Å². The third-order valence-corrected chi connectivity index (χ3v) is 4.17. The SMILES string of the molecule is CCO[C@H]1CCN(c2cc(C)nc(C=Cc3cccc(C#N)c3)n2)C1. The van der Waals surface area contributed by atoms with Gasteiger partial charge in [-0.25, -0.2) is 9.97 Å². The monoisotopic (exact) mass is 334 g/mol. The lowest BCUT2D eigenvalue weighted by Gasteiger charge is -2.18. The van der Waals surface area contributed by atoms with Gasteiger partial charge in [0.15, 0.2) is 5.82 Å². The van der Waals surface area contributed by atoms with Gasteiger partial charge in [-0.3, -0.25) is 0 Å². The van der Waals surface area contributed by atoms with Crippen LogP contribution in [0, 0.1) is 18.3 Å². The average molecular weight is 334 g/mol. The van der Waals surface area contributed by atoms with Crippen molar-refractivity contribution >= 4 is 18.0 Å². The van der Waals surface area contributed by atoms with Crippen LogP contribution in [-0.2, 0) is 4.74 Å². The summed E-state index contributed by atoms with van der Waals surface area (Å²) in [5.41, 5.74) is 2.55. The zero-order valence-corrected chi connectivity index (χ0v) is 14.6. The van der Waals surface area contributed by atoms with Crippen LogP contribution in [0.2, 0.25) is 0 Å². The van der Waals surface area contributed by atoms with Crippen molar-refractivity contribution in [1.29, 1.82) is 5.26 Å². The molecule has 0 N–H and O–H groups in total. The molecule has 25 heavy (non-hydrogen) atoms. The van der Waals surface area contributed by atoms with Crippen molar-refractivity contribution in [2.24, 2.45) is 0 Å². The van der Waals surface area contributed by atoms with Gasteiger partial charge in [0.25, 0.3) is 0 Å². The fourth-order valence-electron chi connectivity index (χ4n) is 3.00. The number of hydrogen-bond donors (Lipinski definition) is 0. The minimum absolute atomic E-state index is 0.285. The first-order valence-corrected chi connectivity index (χ1v) is 8.58. The Morgan fingerprint density at radius 2 is 2.20 bits per heavy atom. The standard InChI is InChI=1S/C20H22N4O/c1-3-25-18-9-10-24(14-18)20-11-15(2)22-19(23-20)8-7-16-5-4-6-17(12-16)13-21/h4-8,11-12,18H,3,9-10,14H2,1-2H3/t18-/m0/s1. The molecule has 0 amide bonds. The molecule has 2 heterocycles. The maximum Gasteiger partial charge on any atom is 0.154 e. The van der Waals surface area contributed by atoms with Gasteiger partial charge >= 0.3 is 0 Å². The van der Waals surface area contributed by atoms with Crippen molar-refractivity contribution in [2.75, 3.05) is 24.6 Å². The molecule has 2 aromatic rings. The highest BCUT2D eigenvalue weighted by atomic mass is 16.5. The van der Waals surface area contributed by atoms with Crippen LogP contribution in [0.5, 0.6) is 0 Å². The van der Waals surface area contributed by atoms with Crippen LogP contribution in [0.25, 0.3) is 12.2 Å². The third kappa shape index (κ3) is 4.43. The molecular weight excluding hydrogens is 312 g/mol. The molecule has 0 radical (unpaired) electrons. The van der Waals surface area contributed by atoms with Crippen molar-refractivity contribution in [3.05, 3.63) is 53.0 Å². The molecule has 0 unspecified atom stereocenters. The van der Waals surface area contributed by atoms with Gasteiger partial charge in [0.1, 0.15) is 5.82 Å². The molecule has 1 atom stereocenters. The van der Waals surface area contributed by atoms with Crippen molar-refractivity contribution in [3.63, 3.8) is 0 Å². The molecule has 1 fully saturated rings. The second kappa shape index (κ2) is 7.91. The van der Waals surface area contributed by atoms with E-state index in [0.29, 0.717) is 11.4 Å². The molecule has 128 valence electrons. The quantitative estimate of drug-likeness (QED) is 0.838. The highest BCUT2D eigenvalue weighted by molar-refractivity contribution is 5.68. The summed E-state index contributed by atoms with van der Waals surface area (Å²) in [6.45, 7) is 6.58. The topological polar surface area (TPSA) is 62.0 Å². The van der Waals surface area contributed by atoms with Crippen LogP contribution in [0.1, 0.15) is 36.0 Å². The van der Waals surface area contributed by atoms with Crippen LogP contribution in [-0.4, -0.2) is 35.8 Å². The number of benzene rings is 1. The molecule has 5 heteroatoms. The summed E-state index contributed by atoms with van der Waals surface area (Å²) in [6.07, 6.45) is 5.14. The smallest absolute Gasteiger partial charge is 0.154 e. The van der Waals surface area contributed by atoms with E-state index in [2.05, 4.69) is 20.9 Å². The summed E-state index contributed by atoms with van der Waals surface area (Å²) in [7, 11) is 0. The Bertz CT molecular complexity index is 810.